The number of amides is 4. The van der Waals surface area contributed by atoms with Gasteiger partial charge in [0.2, 0.25) is 11.8 Å². The van der Waals surface area contributed by atoms with Gasteiger partial charge in [0.1, 0.15) is 6.04 Å². The van der Waals surface area contributed by atoms with E-state index in [1.807, 2.05) is 18.7 Å². The number of fused-ring (bicyclic) bond motifs is 1. The van der Waals surface area contributed by atoms with Crippen molar-refractivity contribution in [3.63, 3.8) is 0 Å². The van der Waals surface area contributed by atoms with Crippen LogP contribution in [0.25, 0.3) is 0 Å². The summed E-state index contributed by atoms with van der Waals surface area (Å²) < 4.78 is 0. The highest BCUT2D eigenvalue weighted by atomic mass is 16.2. The molecule has 0 aromatic carbocycles. The summed E-state index contributed by atoms with van der Waals surface area (Å²) in [6.45, 7) is 9.70. The number of carbonyl (C=O) groups excluding carboxylic acids is 3. The smallest absolute Gasteiger partial charge is 0.317 e. The average molecular weight is 350 g/mol. The zero-order valence-electron chi connectivity index (χ0n) is 15.2. The van der Waals surface area contributed by atoms with Gasteiger partial charge in [-0.05, 0) is 30.6 Å². The molecule has 0 radical (unpaired) electrons. The second kappa shape index (κ2) is 8.36. The number of urea groups is 1. The molecule has 2 heterocycles. The number of nitrogens with one attached hydrogen (secondary N) is 1. The van der Waals surface area contributed by atoms with Crippen molar-refractivity contribution in [2.24, 2.45) is 23.5 Å². The summed E-state index contributed by atoms with van der Waals surface area (Å²) in [5.74, 6) is 0.0930. The number of hydrogen-bond donors (Lipinski definition) is 2. The molecule has 140 valence electrons. The maximum absolute atomic E-state index is 12.7. The van der Waals surface area contributed by atoms with Gasteiger partial charge < -0.3 is 20.9 Å². The van der Waals surface area contributed by atoms with Crippen molar-refractivity contribution in [1.29, 1.82) is 0 Å². The number of piperidine rings is 1. The molecular formula is C18H30N4O3. The summed E-state index contributed by atoms with van der Waals surface area (Å²) in [5, 5.41) is 2.81. The van der Waals surface area contributed by atoms with Crippen molar-refractivity contribution in [3.05, 3.63) is 12.7 Å². The summed E-state index contributed by atoms with van der Waals surface area (Å²) >= 11 is 0. The number of nitrogens with two attached hydrogens (primary N) is 1. The number of primary amides is 1. The van der Waals surface area contributed by atoms with Crippen molar-refractivity contribution >= 4 is 17.8 Å². The molecule has 0 spiro atoms. The fourth-order valence-electron chi connectivity index (χ4n) is 4.04. The van der Waals surface area contributed by atoms with Crippen LogP contribution >= 0.6 is 0 Å². The van der Waals surface area contributed by atoms with Crippen molar-refractivity contribution in [3.8, 4) is 0 Å². The van der Waals surface area contributed by atoms with E-state index in [0.717, 1.165) is 12.8 Å². The molecule has 0 aliphatic carbocycles. The van der Waals surface area contributed by atoms with Crippen molar-refractivity contribution in [2.45, 2.75) is 39.2 Å². The third-order valence-corrected chi connectivity index (χ3v) is 5.33. The Bertz CT molecular complexity index is 534. The normalized spacial score (nSPS) is 25.2. The maximum atomic E-state index is 12.7. The first-order valence-corrected chi connectivity index (χ1v) is 9.07. The number of rotatable bonds is 5. The van der Waals surface area contributed by atoms with Crippen LogP contribution in [0.5, 0.6) is 0 Å². The van der Waals surface area contributed by atoms with Crippen LogP contribution < -0.4 is 11.1 Å². The van der Waals surface area contributed by atoms with Gasteiger partial charge in [0.25, 0.3) is 0 Å². The Balaban J connectivity index is 2.05. The van der Waals surface area contributed by atoms with E-state index < -0.39 is 11.9 Å². The summed E-state index contributed by atoms with van der Waals surface area (Å²) in [5.41, 5.74) is 5.53. The van der Waals surface area contributed by atoms with Gasteiger partial charge in [0.05, 0.1) is 0 Å². The molecule has 0 aromatic heterocycles. The summed E-state index contributed by atoms with van der Waals surface area (Å²) in [4.78, 5) is 40.1. The van der Waals surface area contributed by atoms with Crippen molar-refractivity contribution in [2.75, 3.05) is 26.2 Å². The molecule has 7 heteroatoms. The quantitative estimate of drug-likeness (QED) is 0.723. The lowest BCUT2D eigenvalue weighted by Crippen LogP contribution is -2.50. The molecule has 2 saturated heterocycles. The highest BCUT2D eigenvalue weighted by Crippen LogP contribution is 2.33. The second-order valence-corrected chi connectivity index (χ2v) is 7.40. The van der Waals surface area contributed by atoms with Gasteiger partial charge in [0.15, 0.2) is 0 Å². The molecule has 2 aliphatic rings. The van der Waals surface area contributed by atoms with E-state index in [9.17, 15) is 14.4 Å². The Morgan fingerprint density at radius 1 is 1.32 bits per heavy atom. The molecule has 0 saturated carbocycles. The van der Waals surface area contributed by atoms with Crippen LogP contribution in [0.4, 0.5) is 4.79 Å². The van der Waals surface area contributed by atoms with E-state index in [-0.39, 0.29) is 29.7 Å². The van der Waals surface area contributed by atoms with Crippen LogP contribution in [0.1, 0.15) is 33.1 Å². The lowest BCUT2D eigenvalue weighted by atomic mass is 9.82. The molecule has 0 aromatic rings. The van der Waals surface area contributed by atoms with Gasteiger partial charge in [-0.15, -0.1) is 6.58 Å². The van der Waals surface area contributed by atoms with E-state index in [4.69, 9.17) is 5.73 Å². The molecule has 2 fully saturated rings. The first-order valence-electron chi connectivity index (χ1n) is 9.07. The highest BCUT2D eigenvalue weighted by Gasteiger charge is 2.39. The van der Waals surface area contributed by atoms with E-state index in [2.05, 4.69) is 11.9 Å². The molecular weight excluding hydrogens is 320 g/mol. The van der Waals surface area contributed by atoms with Crippen molar-refractivity contribution < 1.29 is 14.4 Å². The van der Waals surface area contributed by atoms with Gasteiger partial charge in [-0.3, -0.25) is 9.59 Å². The van der Waals surface area contributed by atoms with E-state index in [0.29, 0.717) is 32.6 Å². The number of hydrogen-bond acceptors (Lipinski definition) is 3. The van der Waals surface area contributed by atoms with Crippen LogP contribution in [0, 0.1) is 17.8 Å². The Morgan fingerprint density at radius 2 is 2.00 bits per heavy atom. The monoisotopic (exact) mass is 350 g/mol. The average Bonchev–Trinajstić information content (AvgIpc) is 2.71. The second-order valence-electron chi connectivity index (χ2n) is 7.40. The Morgan fingerprint density at radius 3 is 2.60 bits per heavy atom. The number of likely N-dealkylation sites (tertiary alicyclic amines) is 2. The topological polar surface area (TPSA) is 95.7 Å². The lowest BCUT2D eigenvalue weighted by molar-refractivity contribution is -0.141. The minimum Gasteiger partial charge on any atom is -0.368 e. The van der Waals surface area contributed by atoms with Gasteiger partial charge in [-0.25, -0.2) is 4.79 Å². The molecule has 2 aliphatic heterocycles. The lowest BCUT2D eigenvalue weighted by Gasteiger charge is -2.37. The van der Waals surface area contributed by atoms with Crippen molar-refractivity contribution in [1.82, 2.24) is 15.1 Å². The van der Waals surface area contributed by atoms with Crippen LogP contribution in [-0.4, -0.2) is 59.9 Å². The zero-order chi connectivity index (χ0) is 18.6. The number of nitrogens with zero attached hydrogens (tertiary/aromatic N) is 2. The van der Waals surface area contributed by atoms with E-state index >= 15 is 0 Å². The first kappa shape index (κ1) is 19.3. The third-order valence-electron chi connectivity index (χ3n) is 5.33. The predicted molar refractivity (Wildman–Crippen MR) is 95.5 cm³/mol. The van der Waals surface area contributed by atoms with Crippen LogP contribution in [0.3, 0.4) is 0 Å². The van der Waals surface area contributed by atoms with Crippen LogP contribution in [-0.2, 0) is 9.59 Å². The molecule has 4 amide bonds. The fraction of sp³-hybridized carbons (Fsp3) is 0.722. The zero-order valence-corrected chi connectivity index (χ0v) is 15.2. The largest absolute Gasteiger partial charge is 0.368 e. The van der Waals surface area contributed by atoms with Gasteiger partial charge in [-0.2, -0.15) is 0 Å². The molecule has 7 nitrogen and oxygen atoms in total. The summed E-state index contributed by atoms with van der Waals surface area (Å²) in [7, 11) is 0. The van der Waals surface area contributed by atoms with Crippen LogP contribution in [0.15, 0.2) is 12.7 Å². The molecule has 3 N–H and O–H groups in total. The molecule has 0 unspecified atom stereocenters. The molecule has 25 heavy (non-hydrogen) atoms. The summed E-state index contributed by atoms with van der Waals surface area (Å²) in [6, 6.07) is -0.636. The fourth-order valence-corrected chi connectivity index (χ4v) is 4.04. The predicted octanol–water partition coefficient (Wildman–Crippen LogP) is 0.952. The number of carbonyl (C=O) groups is 3. The van der Waals surface area contributed by atoms with E-state index in [1.165, 1.54) is 0 Å². The van der Waals surface area contributed by atoms with Crippen LogP contribution in [0.2, 0.25) is 0 Å². The van der Waals surface area contributed by atoms with Gasteiger partial charge in [-0.1, -0.05) is 19.9 Å². The minimum absolute atomic E-state index is 0.00885. The minimum atomic E-state index is -0.556. The van der Waals surface area contributed by atoms with Gasteiger partial charge in [0, 0.05) is 32.6 Å². The highest BCUT2D eigenvalue weighted by molar-refractivity contribution is 5.87. The third kappa shape index (κ3) is 4.52. The Hall–Kier alpha value is -2.05. The maximum Gasteiger partial charge on any atom is 0.317 e. The molecule has 2 rings (SSSR count). The standard InChI is InChI=1S/C18H30N4O3/c1-4-7-20-18(25)21-8-5-13-10-15(23)22(9-6-14(13)11-21)16(12(2)3)17(19)24/h4,12-14,16H,1,5-11H2,2-3H3,(H2,19,24)(H,20,25)/t13-,14-,16-/m0/s1. The van der Waals surface area contributed by atoms with Gasteiger partial charge >= 0.3 is 6.03 Å². The summed E-state index contributed by atoms with van der Waals surface area (Å²) in [6.07, 6.45) is 3.69. The first-order chi connectivity index (χ1) is 11.8. The molecule has 3 atom stereocenters. The molecule has 0 bridgehead atoms. The van der Waals surface area contributed by atoms with E-state index in [1.54, 1.807) is 11.0 Å². The Kier molecular flexibility index (Phi) is 6.45. The SMILES string of the molecule is C=CCNC(=O)N1CC[C@H]2CC(=O)N([C@H](C(N)=O)C(C)C)CC[C@H]2C1. The Labute approximate surface area is 149 Å².